The molecule has 188 valence electrons. The second-order valence-electron chi connectivity index (χ2n) is 9.81. The number of hydrogen-bond acceptors (Lipinski definition) is 6. The number of aryl methyl sites for hydroxylation is 1. The largest absolute Gasteiger partial charge is 0.497 e. The maximum absolute atomic E-state index is 13.2. The van der Waals surface area contributed by atoms with Crippen molar-refractivity contribution < 1.29 is 4.74 Å². The van der Waals surface area contributed by atoms with Crippen molar-refractivity contribution in [1.82, 2.24) is 30.1 Å². The highest BCUT2D eigenvalue weighted by Gasteiger charge is 2.29. The van der Waals surface area contributed by atoms with Crippen molar-refractivity contribution >= 4 is 10.9 Å². The number of fused-ring (bicyclic) bond motifs is 1. The number of tetrazole rings is 1. The zero-order chi connectivity index (χ0) is 25.1. The van der Waals surface area contributed by atoms with Crippen LogP contribution in [0.25, 0.3) is 10.9 Å². The van der Waals surface area contributed by atoms with E-state index in [0.717, 1.165) is 47.3 Å². The predicted octanol–water partition coefficient (Wildman–Crippen LogP) is 5.10. The smallest absolute Gasteiger partial charge is 0.252 e. The van der Waals surface area contributed by atoms with Crippen LogP contribution in [0.2, 0.25) is 0 Å². The molecule has 0 saturated heterocycles. The quantitative estimate of drug-likeness (QED) is 0.354. The third kappa shape index (κ3) is 5.04. The monoisotopic (exact) mass is 486 g/mol. The molecule has 0 bridgehead atoms. The summed E-state index contributed by atoms with van der Waals surface area (Å²) in [6.07, 6.45) is 5.48. The maximum Gasteiger partial charge on any atom is 0.252 e. The Morgan fingerprint density at radius 1 is 1.11 bits per heavy atom. The molecule has 8 nitrogen and oxygen atoms in total. The summed E-state index contributed by atoms with van der Waals surface area (Å²) in [5, 5.41) is 14.0. The number of hydrogen-bond donors (Lipinski definition) is 1. The van der Waals surface area contributed by atoms with Crippen LogP contribution in [-0.4, -0.2) is 37.2 Å². The summed E-state index contributed by atoms with van der Waals surface area (Å²) in [5.41, 5.74) is 3.82. The first-order chi connectivity index (χ1) is 17.6. The highest BCUT2D eigenvalue weighted by Crippen LogP contribution is 2.33. The SMILES string of the molecule is CC[C@H](c1nnnn1C1CCCC1)N(Cc1ccc(C)cc1)Cc1cc2ccc(OC)cc2[nH]c1=O. The molecule has 0 aliphatic heterocycles. The summed E-state index contributed by atoms with van der Waals surface area (Å²) < 4.78 is 7.36. The van der Waals surface area contributed by atoms with Gasteiger partial charge in [0.25, 0.3) is 5.56 Å². The molecule has 8 heteroatoms. The van der Waals surface area contributed by atoms with Gasteiger partial charge < -0.3 is 9.72 Å². The van der Waals surface area contributed by atoms with E-state index in [9.17, 15) is 4.79 Å². The fourth-order valence-corrected chi connectivity index (χ4v) is 5.33. The van der Waals surface area contributed by atoms with Gasteiger partial charge in [-0.05, 0) is 65.8 Å². The number of nitrogens with one attached hydrogen (secondary N) is 1. The fraction of sp³-hybridized carbons (Fsp3) is 0.429. The summed E-state index contributed by atoms with van der Waals surface area (Å²) in [6.45, 7) is 5.44. The lowest BCUT2D eigenvalue weighted by Crippen LogP contribution is -2.32. The molecule has 1 saturated carbocycles. The van der Waals surface area contributed by atoms with E-state index in [1.807, 2.05) is 28.9 Å². The van der Waals surface area contributed by atoms with Gasteiger partial charge in [0.15, 0.2) is 5.82 Å². The third-order valence-corrected chi connectivity index (χ3v) is 7.32. The maximum atomic E-state index is 13.2. The number of rotatable bonds is 9. The van der Waals surface area contributed by atoms with Crippen LogP contribution >= 0.6 is 0 Å². The van der Waals surface area contributed by atoms with Gasteiger partial charge in [-0.25, -0.2) is 4.68 Å². The molecule has 1 N–H and O–H groups in total. The van der Waals surface area contributed by atoms with Crippen molar-refractivity contribution in [2.75, 3.05) is 7.11 Å². The molecule has 0 unspecified atom stereocenters. The zero-order valence-corrected chi connectivity index (χ0v) is 21.3. The Bertz CT molecular complexity index is 1370. The molecule has 0 radical (unpaired) electrons. The topological polar surface area (TPSA) is 88.9 Å². The molecule has 0 spiro atoms. The van der Waals surface area contributed by atoms with Gasteiger partial charge in [-0.1, -0.05) is 49.6 Å². The van der Waals surface area contributed by atoms with E-state index in [2.05, 4.69) is 63.5 Å². The second kappa shape index (κ2) is 10.6. The van der Waals surface area contributed by atoms with Gasteiger partial charge in [-0.15, -0.1) is 5.10 Å². The molecular weight excluding hydrogens is 452 g/mol. The van der Waals surface area contributed by atoms with Crippen LogP contribution in [0.3, 0.4) is 0 Å². The first-order valence-electron chi connectivity index (χ1n) is 12.8. The van der Waals surface area contributed by atoms with Gasteiger partial charge in [0.05, 0.1) is 24.7 Å². The van der Waals surface area contributed by atoms with Crippen LogP contribution in [0, 0.1) is 6.92 Å². The van der Waals surface area contributed by atoms with Crippen LogP contribution in [0.5, 0.6) is 5.75 Å². The number of aromatic nitrogens is 5. The number of aromatic amines is 1. The fourth-order valence-electron chi connectivity index (χ4n) is 5.33. The van der Waals surface area contributed by atoms with Gasteiger partial charge in [-0.3, -0.25) is 9.69 Å². The van der Waals surface area contributed by atoms with E-state index in [1.54, 1.807) is 7.11 Å². The first-order valence-corrected chi connectivity index (χ1v) is 12.8. The van der Waals surface area contributed by atoms with Crippen LogP contribution in [0.1, 0.15) is 73.6 Å². The lowest BCUT2D eigenvalue weighted by molar-refractivity contribution is 0.158. The third-order valence-electron chi connectivity index (χ3n) is 7.32. The predicted molar refractivity (Wildman–Crippen MR) is 140 cm³/mol. The molecule has 2 aromatic carbocycles. The lowest BCUT2D eigenvalue weighted by atomic mass is 10.1. The van der Waals surface area contributed by atoms with Gasteiger partial charge in [0.1, 0.15) is 5.75 Å². The molecular formula is C28H34N6O2. The van der Waals surface area contributed by atoms with Crippen molar-refractivity contribution in [1.29, 1.82) is 0 Å². The molecule has 1 atom stereocenters. The van der Waals surface area contributed by atoms with Crippen LogP contribution in [0.15, 0.2) is 53.3 Å². The Kier molecular flexibility index (Phi) is 7.13. The van der Waals surface area contributed by atoms with E-state index >= 15 is 0 Å². The average molecular weight is 487 g/mol. The summed E-state index contributed by atoms with van der Waals surface area (Å²) in [6, 6.07) is 16.7. The minimum absolute atomic E-state index is 0.0205. The van der Waals surface area contributed by atoms with E-state index in [-0.39, 0.29) is 11.6 Å². The van der Waals surface area contributed by atoms with Crippen molar-refractivity contribution in [3.8, 4) is 5.75 Å². The normalized spacial score (nSPS) is 15.1. The number of H-pyrrole nitrogens is 1. The molecule has 1 fully saturated rings. The molecule has 2 heterocycles. The number of pyridine rings is 1. The summed E-state index contributed by atoms with van der Waals surface area (Å²) in [4.78, 5) is 18.6. The van der Waals surface area contributed by atoms with Gasteiger partial charge in [0, 0.05) is 24.7 Å². The summed E-state index contributed by atoms with van der Waals surface area (Å²) in [5.74, 6) is 1.61. The van der Waals surface area contributed by atoms with Crippen LogP contribution < -0.4 is 10.3 Å². The molecule has 4 aromatic rings. The lowest BCUT2D eigenvalue weighted by Gasteiger charge is -2.31. The molecule has 1 aliphatic carbocycles. The number of ether oxygens (including phenoxy) is 1. The first kappa shape index (κ1) is 24.2. The minimum atomic E-state index is -0.0881. The highest BCUT2D eigenvalue weighted by molar-refractivity contribution is 5.80. The molecule has 0 amide bonds. The Hall–Kier alpha value is -3.52. The summed E-state index contributed by atoms with van der Waals surface area (Å²) in [7, 11) is 1.63. The van der Waals surface area contributed by atoms with E-state index in [0.29, 0.717) is 19.1 Å². The minimum Gasteiger partial charge on any atom is -0.497 e. The zero-order valence-electron chi connectivity index (χ0n) is 21.3. The molecule has 1 aliphatic rings. The number of benzene rings is 2. The van der Waals surface area contributed by atoms with Gasteiger partial charge in [0.2, 0.25) is 0 Å². The van der Waals surface area contributed by atoms with Gasteiger partial charge in [-0.2, -0.15) is 0 Å². The number of nitrogens with zero attached hydrogens (tertiary/aromatic N) is 5. The second-order valence-corrected chi connectivity index (χ2v) is 9.81. The Morgan fingerprint density at radius 3 is 2.61 bits per heavy atom. The van der Waals surface area contributed by atoms with Crippen molar-refractivity contribution in [3.63, 3.8) is 0 Å². The van der Waals surface area contributed by atoms with Gasteiger partial charge >= 0.3 is 0 Å². The Labute approximate surface area is 211 Å². The van der Waals surface area contributed by atoms with E-state index in [4.69, 9.17) is 4.74 Å². The average Bonchev–Trinajstić information content (AvgIpc) is 3.58. The van der Waals surface area contributed by atoms with Crippen molar-refractivity contribution in [2.45, 2.75) is 71.1 Å². The Balaban J connectivity index is 1.52. The summed E-state index contributed by atoms with van der Waals surface area (Å²) >= 11 is 0. The molecule has 5 rings (SSSR count). The number of methoxy groups -OCH3 is 1. The van der Waals surface area contributed by atoms with E-state index < -0.39 is 0 Å². The van der Waals surface area contributed by atoms with Crippen molar-refractivity contribution in [3.05, 3.63) is 81.4 Å². The standard InChI is InChI=1S/C28H34N6O2/c1-4-26(27-30-31-32-34(27)23-7-5-6-8-23)33(17-20-11-9-19(2)10-12-20)18-22-15-21-13-14-24(36-3)16-25(21)29-28(22)35/h9-16,23,26H,4-8,17-18H2,1-3H3,(H,29,35)/t26-/m1/s1. The van der Waals surface area contributed by atoms with E-state index in [1.165, 1.54) is 24.0 Å². The van der Waals surface area contributed by atoms with Crippen LogP contribution in [-0.2, 0) is 13.1 Å². The van der Waals surface area contributed by atoms with Crippen molar-refractivity contribution in [2.24, 2.45) is 0 Å². The highest BCUT2D eigenvalue weighted by atomic mass is 16.5. The Morgan fingerprint density at radius 2 is 1.89 bits per heavy atom. The van der Waals surface area contributed by atoms with Crippen LogP contribution in [0.4, 0.5) is 0 Å². The molecule has 36 heavy (non-hydrogen) atoms. The molecule has 2 aromatic heterocycles.